The highest BCUT2D eigenvalue weighted by Gasteiger charge is 2.65. The van der Waals surface area contributed by atoms with Crippen LogP contribution >= 0.6 is 0 Å². The molecule has 0 unspecified atom stereocenters. The molecule has 4 atom stereocenters. The number of nitriles is 1. The normalized spacial score (nSPS) is 34.9. The Morgan fingerprint density at radius 1 is 1.55 bits per heavy atom. The topological polar surface area (TPSA) is 150 Å². The van der Waals surface area contributed by atoms with E-state index < -0.39 is 30.0 Å². The van der Waals surface area contributed by atoms with Crippen LogP contribution in [0, 0.1) is 11.3 Å². The van der Waals surface area contributed by atoms with Gasteiger partial charge >= 0.3 is 0 Å². The number of aromatic nitrogens is 3. The molecule has 0 aromatic carbocycles. The smallest absolute Gasteiger partial charge is 0.228 e. The van der Waals surface area contributed by atoms with E-state index in [-0.39, 0.29) is 11.5 Å². The third-order valence-corrected chi connectivity index (χ3v) is 4.15. The predicted molar refractivity (Wildman–Crippen MR) is 73.3 cm³/mol. The molecule has 0 radical (unpaired) electrons. The third-order valence-electron chi connectivity index (χ3n) is 4.15. The maximum absolute atomic E-state index is 10.7. The van der Waals surface area contributed by atoms with Gasteiger partial charge in [0, 0.05) is 0 Å². The van der Waals surface area contributed by atoms with Crippen LogP contribution in [0.5, 0.6) is 0 Å². The van der Waals surface area contributed by atoms with Crippen LogP contribution in [0.4, 0.5) is 5.82 Å². The Hall–Kier alpha value is -2.25. The summed E-state index contributed by atoms with van der Waals surface area (Å²) in [5.41, 5.74) is 2.52. The van der Waals surface area contributed by atoms with Crippen molar-refractivity contribution < 1.29 is 20.1 Å². The first-order valence-corrected chi connectivity index (χ1v) is 6.58. The van der Waals surface area contributed by atoms with Gasteiger partial charge in [-0.3, -0.25) is 0 Å². The lowest BCUT2D eigenvalue weighted by atomic mass is 9.80. The number of rotatable bonds is 2. The molecule has 2 aromatic rings. The Kier molecular flexibility index (Phi) is 3.08. The molecule has 0 amide bonds. The predicted octanol–water partition coefficient (Wildman–Crippen LogP) is -1.47. The first-order valence-electron chi connectivity index (χ1n) is 6.58. The maximum Gasteiger partial charge on any atom is 0.228 e. The molecule has 1 fully saturated rings. The standard InChI is InChI=1S/C13H15N5O4/c1-12(21)10(20)8(4-19)22-13(12,5-14)9-3-2-7-11(15)16-6-17-18(7)9/h2-3,6,8,10,19-21H,4H2,1H3,(H2,15,16,17)/t8-,10-,12-,13+/m1/s1. The molecular weight excluding hydrogens is 290 g/mol. The van der Waals surface area contributed by atoms with Gasteiger partial charge in [-0.25, -0.2) is 9.50 Å². The van der Waals surface area contributed by atoms with Crippen molar-refractivity contribution in [2.24, 2.45) is 0 Å². The van der Waals surface area contributed by atoms with Gasteiger partial charge in [0.15, 0.2) is 5.82 Å². The van der Waals surface area contributed by atoms with Gasteiger partial charge in [0.25, 0.3) is 0 Å². The van der Waals surface area contributed by atoms with Gasteiger partial charge in [-0.05, 0) is 19.1 Å². The Balaban J connectivity index is 2.27. The zero-order valence-electron chi connectivity index (χ0n) is 11.7. The lowest BCUT2D eigenvalue weighted by Crippen LogP contribution is -2.52. The summed E-state index contributed by atoms with van der Waals surface area (Å²) in [6.07, 6.45) is -1.33. The fraction of sp³-hybridized carbons (Fsp3) is 0.462. The summed E-state index contributed by atoms with van der Waals surface area (Å²) in [7, 11) is 0. The van der Waals surface area contributed by atoms with E-state index in [4.69, 9.17) is 10.5 Å². The van der Waals surface area contributed by atoms with Crippen molar-refractivity contribution in [3.63, 3.8) is 0 Å². The molecule has 5 N–H and O–H groups in total. The van der Waals surface area contributed by atoms with E-state index in [0.717, 1.165) is 0 Å². The summed E-state index contributed by atoms with van der Waals surface area (Å²) in [5, 5.41) is 43.8. The quantitative estimate of drug-likeness (QED) is 0.525. The minimum Gasteiger partial charge on any atom is -0.394 e. The number of fused-ring (bicyclic) bond motifs is 1. The van der Waals surface area contributed by atoms with Crippen molar-refractivity contribution in [2.75, 3.05) is 12.3 Å². The van der Waals surface area contributed by atoms with Crippen molar-refractivity contribution in [1.82, 2.24) is 14.6 Å². The number of aliphatic hydroxyl groups is 3. The van der Waals surface area contributed by atoms with Crippen LogP contribution in [0.25, 0.3) is 5.52 Å². The second-order valence-corrected chi connectivity index (χ2v) is 5.39. The fourth-order valence-corrected chi connectivity index (χ4v) is 2.85. The van der Waals surface area contributed by atoms with Gasteiger partial charge in [-0.2, -0.15) is 10.4 Å². The minimum atomic E-state index is -1.96. The van der Waals surface area contributed by atoms with Crippen LogP contribution in [0.1, 0.15) is 12.6 Å². The van der Waals surface area contributed by atoms with E-state index in [1.54, 1.807) is 6.07 Å². The summed E-state index contributed by atoms with van der Waals surface area (Å²) < 4.78 is 6.86. The molecule has 0 aliphatic carbocycles. The number of aliphatic hydroxyl groups excluding tert-OH is 2. The van der Waals surface area contributed by atoms with Crippen molar-refractivity contribution in [2.45, 2.75) is 30.3 Å². The monoisotopic (exact) mass is 305 g/mol. The van der Waals surface area contributed by atoms with Crippen LogP contribution in [0.2, 0.25) is 0 Å². The highest BCUT2D eigenvalue weighted by molar-refractivity contribution is 5.66. The van der Waals surface area contributed by atoms with Crippen molar-refractivity contribution in [3.05, 3.63) is 24.2 Å². The van der Waals surface area contributed by atoms with Gasteiger partial charge in [-0.15, -0.1) is 0 Å². The van der Waals surface area contributed by atoms with Crippen molar-refractivity contribution >= 4 is 11.3 Å². The number of nitrogen functional groups attached to an aromatic ring is 1. The van der Waals surface area contributed by atoms with Gasteiger partial charge in [-0.1, -0.05) is 0 Å². The second kappa shape index (κ2) is 4.62. The molecule has 3 rings (SSSR count). The Bertz CT molecular complexity index is 767. The molecule has 3 heterocycles. The minimum absolute atomic E-state index is 0.194. The number of hydrogen-bond acceptors (Lipinski definition) is 8. The van der Waals surface area contributed by atoms with E-state index >= 15 is 0 Å². The first kappa shape index (κ1) is 14.7. The zero-order valence-corrected chi connectivity index (χ0v) is 11.7. The molecule has 0 bridgehead atoms. The van der Waals surface area contributed by atoms with Crippen LogP contribution in [-0.4, -0.2) is 54.3 Å². The molecule has 1 saturated heterocycles. The average Bonchev–Trinajstić information content (AvgIpc) is 3.01. The molecule has 116 valence electrons. The Morgan fingerprint density at radius 3 is 2.86 bits per heavy atom. The SMILES string of the molecule is C[C@@]1(O)[C@H](O)[C@@H](CO)O[C@@]1(C#N)c1ccc2c(N)ncnn12. The number of nitrogens with two attached hydrogens (primary N) is 1. The molecule has 9 heteroatoms. The van der Waals surface area contributed by atoms with Crippen LogP contribution in [0.3, 0.4) is 0 Å². The Morgan fingerprint density at radius 2 is 2.27 bits per heavy atom. The third kappa shape index (κ3) is 1.60. The molecule has 0 saturated carbocycles. The van der Waals surface area contributed by atoms with E-state index in [9.17, 15) is 20.6 Å². The maximum atomic E-state index is 10.7. The highest BCUT2D eigenvalue weighted by atomic mass is 16.6. The van der Waals surface area contributed by atoms with Gasteiger partial charge < -0.3 is 25.8 Å². The van der Waals surface area contributed by atoms with Crippen molar-refractivity contribution in [3.8, 4) is 6.07 Å². The van der Waals surface area contributed by atoms with Gasteiger partial charge in [0.1, 0.15) is 35.7 Å². The van der Waals surface area contributed by atoms with E-state index in [0.29, 0.717) is 5.52 Å². The average molecular weight is 305 g/mol. The summed E-state index contributed by atoms with van der Waals surface area (Å²) in [5.74, 6) is 0.200. The number of ether oxygens (including phenoxy) is 1. The lowest BCUT2D eigenvalue weighted by Gasteiger charge is -2.33. The summed E-state index contributed by atoms with van der Waals surface area (Å²) >= 11 is 0. The summed E-state index contributed by atoms with van der Waals surface area (Å²) in [6, 6.07) is 5.01. The van der Waals surface area contributed by atoms with Crippen molar-refractivity contribution in [1.29, 1.82) is 5.26 Å². The molecule has 9 nitrogen and oxygen atoms in total. The number of nitrogens with zero attached hydrogens (tertiary/aromatic N) is 4. The lowest BCUT2D eigenvalue weighted by molar-refractivity contribution is -0.109. The molecular formula is C13H15N5O4. The van der Waals surface area contributed by atoms with Crippen LogP contribution < -0.4 is 5.73 Å². The van der Waals surface area contributed by atoms with Crippen LogP contribution in [-0.2, 0) is 10.3 Å². The number of hydrogen-bond donors (Lipinski definition) is 4. The number of anilines is 1. The van der Waals surface area contributed by atoms with Crippen LogP contribution in [0.15, 0.2) is 18.5 Å². The molecule has 1 aliphatic rings. The highest BCUT2D eigenvalue weighted by Crippen LogP contribution is 2.47. The zero-order chi connectivity index (χ0) is 16.1. The molecule has 0 spiro atoms. The summed E-state index contributed by atoms with van der Waals surface area (Å²) in [6.45, 7) is 0.738. The van der Waals surface area contributed by atoms with E-state index in [1.807, 2.05) is 6.07 Å². The fourth-order valence-electron chi connectivity index (χ4n) is 2.85. The van der Waals surface area contributed by atoms with E-state index in [1.165, 1.54) is 23.8 Å². The molecule has 1 aliphatic heterocycles. The largest absolute Gasteiger partial charge is 0.394 e. The second-order valence-electron chi connectivity index (χ2n) is 5.39. The summed E-state index contributed by atoms with van der Waals surface area (Å²) in [4.78, 5) is 3.85. The molecule has 2 aromatic heterocycles. The van der Waals surface area contributed by atoms with Gasteiger partial charge in [0.05, 0.1) is 12.3 Å². The first-order chi connectivity index (χ1) is 10.4. The molecule has 22 heavy (non-hydrogen) atoms. The van der Waals surface area contributed by atoms with Gasteiger partial charge in [0.2, 0.25) is 5.60 Å². The Labute approximate surface area is 125 Å². The van der Waals surface area contributed by atoms with E-state index in [2.05, 4.69) is 10.1 Å².